The molecule has 0 bridgehead atoms. The Kier molecular flexibility index (Phi) is 5.99. The van der Waals surface area contributed by atoms with Gasteiger partial charge in [-0.05, 0) is 43.4 Å². The Morgan fingerprint density at radius 3 is 2.50 bits per heavy atom. The molecule has 1 amide bonds. The predicted octanol–water partition coefficient (Wildman–Crippen LogP) is 1.94. The zero-order chi connectivity index (χ0) is 17.7. The molecule has 1 fully saturated rings. The van der Waals surface area contributed by atoms with Gasteiger partial charge in [-0.1, -0.05) is 19.1 Å². The summed E-state index contributed by atoms with van der Waals surface area (Å²) >= 11 is 0. The van der Waals surface area contributed by atoms with Crippen LogP contribution in [0.2, 0.25) is 0 Å². The third-order valence-corrected chi connectivity index (χ3v) is 5.93. The standard InChI is InChI=1S/C17H23NO5S/c1-3-13-4-6-15(7-5-13)18-17(20)12(2)23-16(19)10-14-8-9-24(21,22)11-14/h4-7,12,14H,3,8-11H2,1-2H3,(H,18,20)/t12-,14+/m0/s1. The molecule has 2 atom stereocenters. The Labute approximate surface area is 142 Å². The predicted molar refractivity (Wildman–Crippen MR) is 91.4 cm³/mol. The van der Waals surface area contributed by atoms with Crippen LogP contribution in [0.3, 0.4) is 0 Å². The first-order valence-electron chi connectivity index (χ1n) is 8.09. The van der Waals surface area contributed by atoms with Gasteiger partial charge in [0.1, 0.15) is 0 Å². The SMILES string of the molecule is CCc1ccc(NC(=O)[C@H](C)OC(=O)C[C@H]2CCS(=O)(=O)C2)cc1. The minimum absolute atomic E-state index is 0.0203. The van der Waals surface area contributed by atoms with Crippen molar-refractivity contribution in [1.29, 1.82) is 0 Å². The fraction of sp³-hybridized carbons (Fsp3) is 0.529. The smallest absolute Gasteiger partial charge is 0.306 e. The zero-order valence-electron chi connectivity index (χ0n) is 13.9. The Bertz CT molecular complexity index is 696. The number of anilines is 1. The molecule has 24 heavy (non-hydrogen) atoms. The van der Waals surface area contributed by atoms with Gasteiger partial charge in [0.05, 0.1) is 11.5 Å². The van der Waals surface area contributed by atoms with Crippen molar-refractivity contribution in [3.8, 4) is 0 Å². The maximum absolute atomic E-state index is 12.1. The van der Waals surface area contributed by atoms with Crippen LogP contribution in [0.5, 0.6) is 0 Å². The number of aryl methyl sites for hydroxylation is 1. The number of carbonyl (C=O) groups is 2. The van der Waals surface area contributed by atoms with Crippen LogP contribution in [0.4, 0.5) is 5.69 Å². The van der Waals surface area contributed by atoms with E-state index in [4.69, 9.17) is 4.74 Å². The second kappa shape index (κ2) is 7.79. The number of hydrogen-bond donors (Lipinski definition) is 1. The van der Waals surface area contributed by atoms with Crippen molar-refractivity contribution in [1.82, 2.24) is 0 Å². The van der Waals surface area contributed by atoms with E-state index in [9.17, 15) is 18.0 Å². The number of nitrogens with one attached hydrogen (secondary N) is 1. The number of ether oxygens (including phenoxy) is 1. The largest absolute Gasteiger partial charge is 0.453 e. The molecule has 1 saturated heterocycles. The van der Waals surface area contributed by atoms with E-state index in [2.05, 4.69) is 5.32 Å². The minimum Gasteiger partial charge on any atom is -0.453 e. The van der Waals surface area contributed by atoms with Crippen molar-refractivity contribution in [3.05, 3.63) is 29.8 Å². The molecule has 0 saturated carbocycles. The van der Waals surface area contributed by atoms with E-state index < -0.39 is 27.8 Å². The number of sulfone groups is 1. The van der Waals surface area contributed by atoms with Crippen LogP contribution in [0.15, 0.2) is 24.3 Å². The normalized spacial score (nSPS) is 20.3. The highest BCUT2D eigenvalue weighted by atomic mass is 32.2. The first-order chi connectivity index (χ1) is 11.3. The molecule has 1 aromatic carbocycles. The monoisotopic (exact) mass is 353 g/mol. The van der Waals surface area contributed by atoms with Gasteiger partial charge in [-0.15, -0.1) is 0 Å². The van der Waals surface area contributed by atoms with Gasteiger partial charge in [-0.3, -0.25) is 9.59 Å². The third kappa shape index (κ3) is 5.33. The van der Waals surface area contributed by atoms with Gasteiger partial charge in [-0.25, -0.2) is 8.42 Å². The van der Waals surface area contributed by atoms with Crippen LogP contribution < -0.4 is 5.32 Å². The molecule has 2 rings (SSSR count). The van der Waals surface area contributed by atoms with E-state index in [1.807, 2.05) is 19.1 Å². The van der Waals surface area contributed by atoms with Gasteiger partial charge in [0, 0.05) is 12.1 Å². The highest BCUT2D eigenvalue weighted by molar-refractivity contribution is 7.91. The number of hydrogen-bond acceptors (Lipinski definition) is 5. The third-order valence-electron chi connectivity index (χ3n) is 4.09. The van der Waals surface area contributed by atoms with Crippen molar-refractivity contribution >= 4 is 27.4 Å². The maximum atomic E-state index is 12.1. The molecule has 1 aromatic rings. The maximum Gasteiger partial charge on any atom is 0.306 e. The van der Waals surface area contributed by atoms with Crippen molar-refractivity contribution in [2.24, 2.45) is 5.92 Å². The first kappa shape index (κ1) is 18.4. The minimum atomic E-state index is -3.02. The fourth-order valence-electron chi connectivity index (χ4n) is 2.64. The van der Waals surface area contributed by atoms with Crippen LogP contribution in [-0.2, 0) is 30.6 Å². The number of carbonyl (C=O) groups excluding carboxylic acids is 2. The topological polar surface area (TPSA) is 89.5 Å². The summed E-state index contributed by atoms with van der Waals surface area (Å²) in [6.45, 7) is 3.55. The number of esters is 1. The molecule has 1 aliphatic rings. The Hall–Kier alpha value is -1.89. The molecule has 7 heteroatoms. The van der Waals surface area contributed by atoms with Gasteiger partial charge in [0.15, 0.2) is 15.9 Å². The Morgan fingerprint density at radius 1 is 1.29 bits per heavy atom. The van der Waals surface area contributed by atoms with E-state index in [-0.39, 0.29) is 23.8 Å². The average molecular weight is 353 g/mol. The molecule has 0 spiro atoms. The molecule has 132 valence electrons. The summed E-state index contributed by atoms with van der Waals surface area (Å²) < 4.78 is 27.9. The summed E-state index contributed by atoms with van der Waals surface area (Å²) in [5, 5.41) is 2.69. The molecule has 1 N–H and O–H groups in total. The van der Waals surface area contributed by atoms with Crippen molar-refractivity contribution in [3.63, 3.8) is 0 Å². The molecule has 6 nitrogen and oxygen atoms in total. The summed E-state index contributed by atoms with van der Waals surface area (Å²) in [5.41, 5.74) is 1.81. The highest BCUT2D eigenvalue weighted by Crippen LogP contribution is 2.22. The molecule has 0 aromatic heterocycles. The lowest BCUT2D eigenvalue weighted by molar-refractivity contribution is -0.153. The average Bonchev–Trinajstić information content (AvgIpc) is 2.86. The lowest BCUT2D eigenvalue weighted by Gasteiger charge is -2.15. The molecule has 1 heterocycles. The molecular formula is C17H23NO5S. The quantitative estimate of drug-likeness (QED) is 0.790. The van der Waals surface area contributed by atoms with Gasteiger partial charge >= 0.3 is 5.97 Å². The molecule has 0 radical (unpaired) electrons. The second-order valence-corrected chi connectivity index (χ2v) is 8.37. The van der Waals surface area contributed by atoms with E-state index in [0.29, 0.717) is 12.1 Å². The van der Waals surface area contributed by atoms with Crippen molar-refractivity contribution in [2.45, 2.75) is 39.2 Å². The number of benzene rings is 1. The van der Waals surface area contributed by atoms with E-state index in [1.165, 1.54) is 12.5 Å². The number of amides is 1. The van der Waals surface area contributed by atoms with Crippen molar-refractivity contribution < 1.29 is 22.7 Å². The summed E-state index contributed by atoms with van der Waals surface area (Å²) in [6.07, 6.45) is 0.490. The van der Waals surface area contributed by atoms with Crippen LogP contribution >= 0.6 is 0 Å². The Balaban J connectivity index is 1.81. The lowest BCUT2D eigenvalue weighted by Crippen LogP contribution is -2.30. The first-order valence-corrected chi connectivity index (χ1v) is 9.91. The molecule has 0 aliphatic carbocycles. The van der Waals surface area contributed by atoms with Gasteiger partial charge < -0.3 is 10.1 Å². The summed E-state index contributed by atoms with van der Waals surface area (Å²) in [7, 11) is -3.02. The number of rotatable bonds is 6. The fourth-order valence-corrected chi connectivity index (χ4v) is 4.50. The second-order valence-electron chi connectivity index (χ2n) is 6.15. The van der Waals surface area contributed by atoms with Crippen LogP contribution in [0.25, 0.3) is 0 Å². The summed E-state index contributed by atoms with van der Waals surface area (Å²) in [4.78, 5) is 23.9. The van der Waals surface area contributed by atoms with E-state index >= 15 is 0 Å². The molecular weight excluding hydrogens is 330 g/mol. The van der Waals surface area contributed by atoms with Crippen LogP contribution in [0, 0.1) is 5.92 Å². The summed E-state index contributed by atoms with van der Waals surface area (Å²) in [6, 6.07) is 7.45. The van der Waals surface area contributed by atoms with Crippen LogP contribution in [0.1, 0.15) is 32.3 Å². The van der Waals surface area contributed by atoms with Gasteiger partial charge in [0.2, 0.25) is 0 Å². The lowest BCUT2D eigenvalue weighted by atomic mass is 10.1. The van der Waals surface area contributed by atoms with E-state index in [1.54, 1.807) is 12.1 Å². The van der Waals surface area contributed by atoms with Gasteiger partial charge in [-0.2, -0.15) is 0 Å². The molecule has 1 aliphatic heterocycles. The van der Waals surface area contributed by atoms with Gasteiger partial charge in [0.25, 0.3) is 5.91 Å². The summed E-state index contributed by atoms with van der Waals surface area (Å²) in [5.74, 6) is -1.02. The van der Waals surface area contributed by atoms with Crippen molar-refractivity contribution in [2.75, 3.05) is 16.8 Å². The Morgan fingerprint density at radius 2 is 1.96 bits per heavy atom. The van der Waals surface area contributed by atoms with E-state index in [0.717, 1.165) is 6.42 Å². The molecule has 0 unspecified atom stereocenters. The van der Waals surface area contributed by atoms with Crippen LogP contribution in [-0.4, -0.2) is 37.9 Å². The highest BCUT2D eigenvalue weighted by Gasteiger charge is 2.30. The zero-order valence-corrected chi connectivity index (χ0v) is 14.8.